The van der Waals surface area contributed by atoms with Crippen LogP contribution in [0.25, 0.3) is 16.6 Å². The maximum atomic E-state index is 14.4. The molecule has 37 heavy (non-hydrogen) atoms. The molecule has 1 amide bonds. The van der Waals surface area contributed by atoms with Gasteiger partial charge in [-0.2, -0.15) is 0 Å². The number of fused-ring (bicyclic) bond motifs is 2. The zero-order valence-electron chi connectivity index (χ0n) is 20.0. The Morgan fingerprint density at radius 3 is 2.62 bits per heavy atom. The number of nitrogens with zero attached hydrogens (tertiary/aromatic N) is 2. The molecule has 190 valence electrons. The number of nitrogens with one attached hydrogen (secondary N) is 1. The van der Waals surface area contributed by atoms with Crippen LogP contribution in [0.15, 0.2) is 76.7 Å². The van der Waals surface area contributed by atoms with E-state index in [-0.39, 0.29) is 17.8 Å². The Morgan fingerprint density at radius 1 is 1.08 bits per heavy atom. The van der Waals surface area contributed by atoms with Crippen LogP contribution in [0.3, 0.4) is 0 Å². The molecule has 0 bridgehead atoms. The fourth-order valence-electron chi connectivity index (χ4n) is 4.34. The standard InChI is InChI=1S/C27H24FN3O2S.CH2O2/c28-22-11-5-12-23-25(22)26(33)31(21-9-2-1-3-10-21)27(30-23)34-16-6-13-24(32)29-20-15-14-18-7-4-8-19(18)17-20;2-1-3/h1-3,5,9-12,14-15,17H,4,6-8,13,16H2,(H,29,32);1H,(H,2,3). The first-order valence-corrected chi connectivity index (χ1v) is 12.9. The van der Waals surface area contributed by atoms with Gasteiger partial charge in [0.15, 0.2) is 5.16 Å². The molecule has 0 aliphatic heterocycles. The predicted molar refractivity (Wildman–Crippen MR) is 143 cm³/mol. The number of carbonyl (C=O) groups is 2. The van der Waals surface area contributed by atoms with Crippen LogP contribution in [0, 0.1) is 5.82 Å². The van der Waals surface area contributed by atoms with E-state index in [1.807, 2.05) is 24.3 Å². The number of aryl methyl sites for hydroxylation is 2. The van der Waals surface area contributed by atoms with E-state index in [4.69, 9.17) is 9.90 Å². The number of hydrogen-bond acceptors (Lipinski definition) is 5. The highest BCUT2D eigenvalue weighted by atomic mass is 32.2. The molecule has 4 aromatic rings. The van der Waals surface area contributed by atoms with Gasteiger partial charge in [-0.25, -0.2) is 9.37 Å². The van der Waals surface area contributed by atoms with E-state index >= 15 is 0 Å². The van der Waals surface area contributed by atoms with Gasteiger partial charge in [-0.3, -0.25) is 19.0 Å². The molecule has 0 saturated heterocycles. The molecule has 7 nitrogen and oxygen atoms in total. The maximum Gasteiger partial charge on any atom is 0.290 e. The second kappa shape index (κ2) is 12.3. The lowest BCUT2D eigenvalue weighted by atomic mass is 10.1. The van der Waals surface area contributed by atoms with Crippen LogP contribution in [0.5, 0.6) is 0 Å². The van der Waals surface area contributed by atoms with Crippen LogP contribution >= 0.6 is 11.8 Å². The molecule has 0 unspecified atom stereocenters. The molecule has 0 saturated carbocycles. The summed E-state index contributed by atoms with van der Waals surface area (Å²) in [5.74, 6) is -0.0236. The molecule has 0 fully saturated rings. The fraction of sp³-hybridized carbons (Fsp3) is 0.214. The number of anilines is 1. The summed E-state index contributed by atoms with van der Waals surface area (Å²) >= 11 is 1.39. The number of benzene rings is 3. The Labute approximate surface area is 217 Å². The molecule has 3 aromatic carbocycles. The average Bonchev–Trinajstić information content (AvgIpc) is 3.36. The van der Waals surface area contributed by atoms with Crippen molar-refractivity contribution in [2.24, 2.45) is 0 Å². The number of thioether (sulfide) groups is 1. The van der Waals surface area contributed by atoms with Gasteiger partial charge in [0.05, 0.1) is 11.2 Å². The molecule has 1 aromatic heterocycles. The summed E-state index contributed by atoms with van der Waals surface area (Å²) in [5, 5.41) is 10.3. The van der Waals surface area contributed by atoms with E-state index in [1.54, 1.807) is 24.3 Å². The Hall–Kier alpha value is -3.98. The van der Waals surface area contributed by atoms with Gasteiger partial charge in [-0.15, -0.1) is 0 Å². The van der Waals surface area contributed by atoms with Crippen molar-refractivity contribution in [1.29, 1.82) is 0 Å². The molecule has 1 heterocycles. The minimum absolute atomic E-state index is 0.0237. The van der Waals surface area contributed by atoms with Gasteiger partial charge in [-0.1, -0.05) is 42.1 Å². The number of para-hydroxylation sites is 1. The summed E-state index contributed by atoms with van der Waals surface area (Å²) in [7, 11) is 0. The molecule has 5 rings (SSSR count). The van der Waals surface area contributed by atoms with Crippen molar-refractivity contribution in [2.45, 2.75) is 37.3 Å². The van der Waals surface area contributed by atoms with Crippen molar-refractivity contribution in [2.75, 3.05) is 11.1 Å². The minimum atomic E-state index is -0.584. The summed E-state index contributed by atoms with van der Waals surface area (Å²) in [4.78, 5) is 38.6. The molecule has 0 spiro atoms. The largest absolute Gasteiger partial charge is 0.483 e. The number of hydrogen-bond donors (Lipinski definition) is 2. The highest BCUT2D eigenvalue weighted by Gasteiger charge is 2.16. The van der Waals surface area contributed by atoms with Crippen LogP contribution in [0.4, 0.5) is 10.1 Å². The molecule has 0 radical (unpaired) electrons. The third kappa shape index (κ3) is 6.24. The maximum absolute atomic E-state index is 14.4. The Morgan fingerprint density at radius 2 is 1.84 bits per heavy atom. The van der Waals surface area contributed by atoms with Crippen LogP contribution in [0.2, 0.25) is 0 Å². The third-order valence-electron chi connectivity index (χ3n) is 5.99. The lowest BCUT2D eigenvalue weighted by molar-refractivity contribution is -0.123. The van der Waals surface area contributed by atoms with Crippen molar-refractivity contribution in [3.05, 3.63) is 94.0 Å². The van der Waals surface area contributed by atoms with Crippen molar-refractivity contribution in [1.82, 2.24) is 9.55 Å². The highest BCUT2D eigenvalue weighted by molar-refractivity contribution is 7.99. The van der Waals surface area contributed by atoms with Gasteiger partial charge in [-0.05, 0) is 73.2 Å². The molecule has 9 heteroatoms. The summed E-state index contributed by atoms with van der Waals surface area (Å²) in [6.07, 6.45) is 4.34. The quantitative estimate of drug-likeness (QED) is 0.150. The van der Waals surface area contributed by atoms with E-state index in [1.165, 1.54) is 39.9 Å². The topological polar surface area (TPSA) is 101 Å². The second-order valence-electron chi connectivity index (χ2n) is 8.45. The number of carboxylic acid groups (broad SMARTS) is 1. The first kappa shape index (κ1) is 26.1. The van der Waals surface area contributed by atoms with Crippen molar-refractivity contribution < 1.29 is 19.1 Å². The van der Waals surface area contributed by atoms with Crippen molar-refractivity contribution >= 4 is 40.7 Å². The number of carbonyl (C=O) groups excluding carboxylic acids is 1. The first-order chi connectivity index (χ1) is 18.0. The molecule has 1 aliphatic rings. The molecule has 2 N–H and O–H groups in total. The average molecular weight is 520 g/mol. The highest BCUT2D eigenvalue weighted by Crippen LogP contribution is 2.26. The normalized spacial score (nSPS) is 11.9. The summed E-state index contributed by atoms with van der Waals surface area (Å²) in [5.41, 5.74) is 4.06. The van der Waals surface area contributed by atoms with E-state index in [2.05, 4.69) is 22.4 Å². The fourth-order valence-corrected chi connectivity index (χ4v) is 5.29. The Kier molecular flexibility index (Phi) is 8.68. The number of amides is 1. The van der Waals surface area contributed by atoms with E-state index in [0.29, 0.717) is 35.0 Å². The van der Waals surface area contributed by atoms with Crippen LogP contribution in [-0.4, -0.2) is 32.8 Å². The molecular formula is C28H26FN3O4S. The van der Waals surface area contributed by atoms with Gasteiger partial charge in [0.1, 0.15) is 11.2 Å². The van der Waals surface area contributed by atoms with Crippen molar-refractivity contribution in [3.8, 4) is 5.69 Å². The van der Waals surface area contributed by atoms with Crippen LogP contribution in [0.1, 0.15) is 30.4 Å². The van der Waals surface area contributed by atoms with Crippen molar-refractivity contribution in [3.63, 3.8) is 0 Å². The monoisotopic (exact) mass is 519 g/mol. The lowest BCUT2D eigenvalue weighted by Gasteiger charge is -2.13. The van der Waals surface area contributed by atoms with Gasteiger partial charge in [0, 0.05) is 17.9 Å². The van der Waals surface area contributed by atoms with Gasteiger partial charge >= 0.3 is 0 Å². The minimum Gasteiger partial charge on any atom is -0.483 e. The molecule has 1 aliphatic carbocycles. The number of halogens is 1. The smallest absolute Gasteiger partial charge is 0.290 e. The van der Waals surface area contributed by atoms with E-state index < -0.39 is 11.4 Å². The number of aromatic nitrogens is 2. The third-order valence-corrected chi connectivity index (χ3v) is 7.02. The van der Waals surface area contributed by atoms with E-state index in [9.17, 15) is 14.0 Å². The van der Waals surface area contributed by atoms with E-state index in [0.717, 1.165) is 18.5 Å². The Bertz CT molecular complexity index is 1470. The second-order valence-corrected chi connectivity index (χ2v) is 9.51. The summed E-state index contributed by atoms with van der Waals surface area (Å²) in [6, 6.07) is 19.7. The van der Waals surface area contributed by atoms with Gasteiger partial charge in [0.25, 0.3) is 12.0 Å². The zero-order chi connectivity index (χ0) is 26.2. The lowest BCUT2D eigenvalue weighted by Crippen LogP contribution is -2.22. The van der Waals surface area contributed by atoms with Gasteiger partial charge < -0.3 is 10.4 Å². The Balaban J connectivity index is 0.00000102. The summed E-state index contributed by atoms with van der Waals surface area (Å²) in [6.45, 7) is -0.250. The number of rotatable bonds is 7. The SMILES string of the molecule is O=C(CCCSc1nc2cccc(F)c2c(=O)n1-c1ccccc1)Nc1ccc2c(c1)CCC2.O=CO. The van der Waals surface area contributed by atoms with Crippen LogP contribution < -0.4 is 10.9 Å². The van der Waals surface area contributed by atoms with Crippen LogP contribution in [-0.2, 0) is 22.4 Å². The zero-order valence-corrected chi connectivity index (χ0v) is 20.8. The summed E-state index contributed by atoms with van der Waals surface area (Å²) < 4.78 is 15.9. The molecule has 0 atom stereocenters. The van der Waals surface area contributed by atoms with Gasteiger partial charge in [0.2, 0.25) is 5.91 Å². The first-order valence-electron chi connectivity index (χ1n) is 11.9. The molecular weight excluding hydrogens is 493 g/mol. The predicted octanol–water partition coefficient (Wildman–Crippen LogP) is 5.23.